The number of rotatable bonds is 3. The summed E-state index contributed by atoms with van der Waals surface area (Å²) in [6.07, 6.45) is 5.16. The lowest BCUT2D eigenvalue weighted by atomic mass is 10.0. The van der Waals surface area contributed by atoms with Crippen molar-refractivity contribution in [3.8, 4) is 0 Å². The Morgan fingerprint density at radius 3 is 2.77 bits per heavy atom. The lowest BCUT2D eigenvalue weighted by molar-refractivity contribution is 0.0601. The lowest BCUT2D eigenvalue weighted by Gasteiger charge is -2.08. The molecule has 0 saturated heterocycles. The summed E-state index contributed by atoms with van der Waals surface area (Å²) in [6.45, 7) is 1.14. The lowest BCUT2D eigenvalue weighted by Crippen LogP contribution is -2.15. The van der Waals surface area contributed by atoms with Crippen molar-refractivity contribution in [2.75, 3.05) is 12.4 Å². The molecule has 0 atom stereocenters. The van der Waals surface area contributed by atoms with Crippen LogP contribution in [0, 0.1) is 0 Å². The molecule has 1 N–H and O–H groups in total. The van der Waals surface area contributed by atoms with Gasteiger partial charge in [0.25, 0.3) is 5.91 Å². The molecule has 0 unspecified atom stereocenters. The van der Waals surface area contributed by atoms with E-state index in [0.29, 0.717) is 29.3 Å². The summed E-state index contributed by atoms with van der Waals surface area (Å²) < 4.78 is 10.4. The van der Waals surface area contributed by atoms with Gasteiger partial charge in [0.15, 0.2) is 0 Å². The molecule has 136 valence electrons. The zero-order valence-corrected chi connectivity index (χ0v) is 15.5. The van der Waals surface area contributed by atoms with Crippen molar-refractivity contribution in [3.05, 3.63) is 50.9 Å². The van der Waals surface area contributed by atoms with Gasteiger partial charge in [-0.05, 0) is 54.5 Å². The zero-order valence-electron chi connectivity index (χ0n) is 14.7. The first-order valence-electron chi connectivity index (χ1n) is 8.91. The van der Waals surface area contributed by atoms with Crippen LogP contribution in [0.25, 0.3) is 0 Å². The van der Waals surface area contributed by atoms with E-state index in [-0.39, 0.29) is 11.9 Å². The van der Waals surface area contributed by atoms with E-state index >= 15 is 0 Å². The molecule has 0 bridgehead atoms. The van der Waals surface area contributed by atoms with Gasteiger partial charge in [-0.1, -0.05) is 12.5 Å². The van der Waals surface area contributed by atoms with Crippen molar-refractivity contribution in [1.29, 1.82) is 0 Å². The molecule has 5 nitrogen and oxygen atoms in total. The number of hydrogen-bond donors (Lipinski definition) is 1. The SMILES string of the molecule is COC(=O)c1c(NC(=O)c2ccc3c(c2)COC3)sc2c1CCCCC2. The molecule has 1 aromatic carbocycles. The predicted molar refractivity (Wildman–Crippen MR) is 99.8 cm³/mol. The van der Waals surface area contributed by atoms with Gasteiger partial charge in [-0.15, -0.1) is 11.3 Å². The van der Waals surface area contributed by atoms with Gasteiger partial charge in [-0.3, -0.25) is 4.79 Å². The van der Waals surface area contributed by atoms with Crippen molar-refractivity contribution >= 4 is 28.2 Å². The number of anilines is 1. The van der Waals surface area contributed by atoms with Gasteiger partial charge in [0.05, 0.1) is 25.9 Å². The highest BCUT2D eigenvalue weighted by Gasteiger charge is 2.26. The number of thiophene rings is 1. The number of aryl methyl sites for hydroxylation is 1. The summed E-state index contributed by atoms with van der Waals surface area (Å²) in [5.74, 6) is -0.580. The number of nitrogens with one attached hydrogen (secondary N) is 1. The van der Waals surface area contributed by atoms with Crippen LogP contribution in [0.4, 0.5) is 5.00 Å². The Morgan fingerprint density at radius 2 is 1.92 bits per heavy atom. The van der Waals surface area contributed by atoms with E-state index in [1.807, 2.05) is 12.1 Å². The normalized spacial score (nSPS) is 15.7. The Hall–Kier alpha value is -2.18. The Balaban J connectivity index is 1.65. The number of benzene rings is 1. The fourth-order valence-electron chi connectivity index (χ4n) is 3.64. The molecule has 1 amide bonds. The molecule has 0 fully saturated rings. The molecule has 1 aliphatic heterocycles. The summed E-state index contributed by atoms with van der Waals surface area (Å²) in [4.78, 5) is 26.3. The number of fused-ring (bicyclic) bond motifs is 2. The van der Waals surface area contributed by atoms with Crippen LogP contribution in [0.3, 0.4) is 0 Å². The van der Waals surface area contributed by atoms with Gasteiger partial charge < -0.3 is 14.8 Å². The minimum atomic E-state index is -0.373. The van der Waals surface area contributed by atoms with Crippen molar-refractivity contribution < 1.29 is 19.1 Å². The van der Waals surface area contributed by atoms with E-state index in [1.165, 1.54) is 29.7 Å². The smallest absolute Gasteiger partial charge is 0.341 e. The summed E-state index contributed by atoms with van der Waals surface area (Å²) in [6, 6.07) is 5.61. The van der Waals surface area contributed by atoms with Crippen LogP contribution in [0.1, 0.15) is 61.5 Å². The molecular formula is C20H21NO4S. The molecule has 6 heteroatoms. The van der Waals surface area contributed by atoms with Gasteiger partial charge in [-0.25, -0.2) is 4.79 Å². The van der Waals surface area contributed by atoms with Crippen molar-refractivity contribution in [3.63, 3.8) is 0 Å². The number of carbonyl (C=O) groups excluding carboxylic acids is 2. The molecule has 0 saturated carbocycles. The van der Waals surface area contributed by atoms with Crippen molar-refractivity contribution in [2.24, 2.45) is 0 Å². The highest BCUT2D eigenvalue weighted by atomic mass is 32.1. The first-order chi connectivity index (χ1) is 12.7. The third-order valence-corrected chi connectivity index (χ3v) is 6.23. The average Bonchev–Trinajstić information content (AvgIpc) is 3.18. The summed E-state index contributed by atoms with van der Waals surface area (Å²) in [5, 5.41) is 3.55. The second kappa shape index (κ2) is 7.21. The van der Waals surface area contributed by atoms with Crippen molar-refractivity contribution in [1.82, 2.24) is 0 Å². The number of amides is 1. The van der Waals surface area contributed by atoms with Gasteiger partial charge in [0.2, 0.25) is 0 Å². The number of ether oxygens (including phenoxy) is 2. The molecule has 0 radical (unpaired) electrons. The van der Waals surface area contributed by atoms with E-state index in [2.05, 4.69) is 5.32 Å². The van der Waals surface area contributed by atoms with Crippen LogP contribution in [0.2, 0.25) is 0 Å². The maximum atomic E-state index is 12.8. The molecule has 1 aliphatic carbocycles. The van der Waals surface area contributed by atoms with Crippen molar-refractivity contribution in [2.45, 2.75) is 45.3 Å². The highest BCUT2D eigenvalue weighted by Crippen LogP contribution is 2.38. The number of hydrogen-bond acceptors (Lipinski definition) is 5. The molecule has 2 aromatic rings. The van der Waals surface area contributed by atoms with Gasteiger partial charge >= 0.3 is 5.97 Å². The van der Waals surface area contributed by atoms with Crippen LogP contribution >= 0.6 is 11.3 Å². The fraction of sp³-hybridized carbons (Fsp3) is 0.400. The van der Waals surface area contributed by atoms with Crippen LogP contribution in [0.5, 0.6) is 0 Å². The minimum absolute atomic E-state index is 0.207. The van der Waals surface area contributed by atoms with E-state index in [1.54, 1.807) is 6.07 Å². The van der Waals surface area contributed by atoms with E-state index in [0.717, 1.165) is 42.4 Å². The van der Waals surface area contributed by atoms with E-state index < -0.39 is 0 Å². The minimum Gasteiger partial charge on any atom is -0.465 e. The molecule has 2 aliphatic rings. The average molecular weight is 371 g/mol. The Kier molecular flexibility index (Phi) is 4.78. The number of esters is 1. The highest BCUT2D eigenvalue weighted by molar-refractivity contribution is 7.17. The van der Waals surface area contributed by atoms with Crippen LogP contribution < -0.4 is 5.32 Å². The Bertz CT molecular complexity index is 871. The monoisotopic (exact) mass is 371 g/mol. The maximum absolute atomic E-state index is 12.8. The Morgan fingerprint density at radius 1 is 1.12 bits per heavy atom. The molecule has 0 spiro atoms. The molecule has 1 aromatic heterocycles. The summed E-state index contributed by atoms with van der Waals surface area (Å²) in [5.41, 5.74) is 4.34. The fourth-order valence-corrected chi connectivity index (χ4v) is 4.91. The maximum Gasteiger partial charge on any atom is 0.341 e. The second-order valence-electron chi connectivity index (χ2n) is 6.69. The zero-order chi connectivity index (χ0) is 18.1. The summed E-state index contributed by atoms with van der Waals surface area (Å²) >= 11 is 1.51. The quantitative estimate of drug-likeness (QED) is 0.652. The predicted octanol–water partition coefficient (Wildman–Crippen LogP) is 4.09. The first kappa shape index (κ1) is 17.2. The topological polar surface area (TPSA) is 64.6 Å². The van der Waals surface area contributed by atoms with Gasteiger partial charge in [-0.2, -0.15) is 0 Å². The number of carbonyl (C=O) groups is 2. The third kappa shape index (κ3) is 3.15. The van der Waals surface area contributed by atoms with Crippen LogP contribution in [-0.4, -0.2) is 19.0 Å². The standard InChI is InChI=1S/C20H21NO4S/c1-24-20(23)17-15-5-3-2-4-6-16(15)26-19(17)21-18(22)12-7-8-13-10-25-11-14(13)9-12/h7-9H,2-6,10-11H2,1H3,(H,21,22). The first-order valence-corrected chi connectivity index (χ1v) is 9.72. The van der Waals surface area contributed by atoms with Gasteiger partial charge in [0, 0.05) is 10.4 Å². The molecule has 2 heterocycles. The van der Waals surface area contributed by atoms with E-state index in [9.17, 15) is 9.59 Å². The molecule has 26 heavy (non-hydrogen) atoms. The van der Waals surface area contributed by atoms with Crippen LogP contribution in [-0.2, 0) is 35.5 Å². The summed E-state index contributed by atoms with van der Waals surface area (Å²) in [7, 11) is 1.38. The van der Waals surface area contributed by atoms with Gasteiger partial charge in [0.1, 0.15) is 5.00 Å². The Labute approximate surface area is 156 Å². The number of methoxy groups -OCH3 is 1. The third-order valence-electron chi connectivity index (χ3n) is 5.02. The second-order valence-corrected chi connectivity index (χ2v) is 7.80. The van der Waals surface area contributed by atoms with Crippen LogP contribution in [0.15, 0.2) is 18.2 Å². The largest absolute Gasteiger partial charge is 0.465 e. The van der Waals surface area contributed by atoms with E-state index in [4.69, 9.17) is 9.47 Å². The molecule has 4 rings (SSSR count). The molecular weight excluding hydrogens is 350 g/mol.